The summed E-state index contributed by atoms with van der Waals surface area (Å²) in [7, 11) is -6.00. The molecule has 1 aromatic rings. The van der Waals surface area contributed by atoms with Crippen LogP contribution >= 0.6 is 23.1 Å². The fraction of sp³-hybridized carbons (Fsp3) is 0.650. The summed E-state index contributed by atoms with van der Waals surface area (Å²) in [4.78, 5) is 15.4. The van der Waals surface area contributed by atoms with E-state index in [-0.39, 0.29) is 5.41 Å². The number of amidine groups is 1. The van der Waals surface area contributed by atoms with Gasteiger partial charge in [-0.15, -0.1) is 0 Å². The summed E-state index contributed by atoms with van der Waals surface area (Å²) in [6.45, 7) is 9.24. The normalized spacial score (nSPS) is 22.8. The number of piperidine rings is 2. The van der Waals surface area contributed by atoms with Gasteiger partial charge in [-0.3, -0.25) is 4.58 Å². The number of nitrogens with zero attached hydrogens (tertiary/aromatic N) is 4. The van der Waals surface area contributed by atoms with Crippen LogP contribution in [0.1, 0.15) is 62.9 Å². The number of anilines is 1. The molecule has 4 nitrogen and oxygen atoms in total. The van der Waals surface area contributed by atoms with Gasteiger partial charge < -0.3 is 22.2 Å². The van der Waals surface area contributed by atoms with Crippen molar-refractivity contribution in [1.82, 2.24) is 4.98 Å². The van der Waals surface area contributed by atoms with E-state index in [0.717, 1.165) is 26.2 Å². The minimum Gasteiger partial charge on any atom is -0.418 e. The van der Waals surface area contributed by atoms with Crippen LogP contribution in [0.15, 0.2) is 9.90 Å². The van der Waals surface area contributed by atoms with E-state index in [4.69, 9.17) is 9.98 Å². The van der Waals surface area contributed by atoms with E-state index < -0.39 is 7.25 Å². The van der Waals surface area contributed by atoms with E-state index in [1.807, 2.05) is 23.1 Å². The first-order valence-corrected chi connectivity index (χ1v) is 12.5. The Bertz CT molecular complexity index is 916. The van der Waals surface area contributed by atoms with Gasteiger partial charge in [0.05, 0.1) is 34.0 Å². The quantitative estimate of drug-likeness (QED) is 0.293. The fourth-order valence-corrected chi connectivity index (χ4v) is 6.92. The van der Waals surface area contributed by atoms with Crippen molar-refractivity contribution < 1.29 is 21.8 Å². The Morgan fingerprint density at radius 2 is 1.61 bits per heavy atom. The van der Waals surface area contributed by atoms with Crippen LogP contribution in [0, 0.1) is 0 Å². The summed E-state index contributed by atoms with van der Waals surface area (Å²) in [5.74, 6) is 0. The summed E-state index contributed by atoms with van der Waals surface area (Å²) in [6.07, 6.45) is 10.3. The van der Waals surface area contributed by atoms with Gasteiger partial charge in [0.1, 0.15) is 0 Å². The average molecular weight is 474 g/mol. The summed E-state index contributed by atoms with van der Waals surface area (Å²) in [5.41, 5.74) is 2.35. The van der Waals surface area contributed by atoms with Crippen molar-refractivity contribution in [1.29, 1.82) is 0 Å². The van der Waals surface area contributed by atoms with Gasteiger partial charge in [0.15, 0.2) is 10.8 Å². The molecule has 0 saturated carbocycles. The molecule has 31 heavy (non-hydrogen) atoms. The van der Waals surface area contributed by atoms with E-state index in [9.17, 15) is 17.3 Å². The Morgan fingerprint density at radius 1 is 1.00 bits per heavy atom. The lowest BCUT2D eigenvalue weighted by molar-refractivity contribution is -0.535. The predicted molar refractivity (Wildman–Crippen MR) is 123 cm³/mol. The highest BCUT2D eigenvalue weighted by Gasteiger charge is 2.47. The van der Waals surface area contributed by atoms with Crippen LogP contribution in [-0.4, -0.2) is 53.9 Å². The van der Waals surface area contributed by atoms with Crippen molar-refractivity contribution in [2.75, 3.05) is 31.1 Å². The lowest BCUT2D eigenvalue weighted by Gasteiger charge is -2.26. The molecule has 11 heteroatoms. The van der Waals surface area contributed by atoms with E-state index in [2.05, 4.69) is 29.4 Å². The zero-order valence-corrected chi connectivity index (χ0v) is 19.5. The summed E-state index contributed by atoms with van der Waals surface area (Å²) < 4.78 is 41.5. The molecule has 0 unspecified atom stereocenters. The van der Waals surface area contributed by atoms with Crippen LogP contribution in [0.5, 0.6) is 0 Å². The number of halogens is 4. The standard InChI is InChI=1S/C20H27N4S2.BF4/c1-20(2)16-14(25-18(21-16)23-9-5-3-6-10-23)13-15-17(20)22-19(26-15)24-11-7-4-8-12-24;2-1(3,4)5/h13H,3-12H2,1-2H3;/q+1;-1. The van der Waals surface area contributed by atoms with Crippen LogP contribution < -0.4 is 4.90 Å². The molecule has 0 amide bonds. The molecule has 2 fully saturated rings. The second-order valence-electron chi connectivity index (χ2n) is 8.78. The summed E-state index contributed by atoms with van der Waals surface area (Å²) >= 11 is 3.75. The maximum absolute atomic E-state index is 9.75. The highest BCUT2D eigenvalue weighted by molar-refractivity contribution is 8.18. The molecule has 3 aliphatic heterocycles. The minimum atomic E-state index is -6.00. The second-order valence-corrected chi connectivity index (χ2v) is 10.8. The number of aromatic nitrogens is 1. The number of aliphatic imine (C=N–C) groups is 1. The fourth-order valence-electron chi connectivity index (χ4n) is 4.40. The molecule has 0 spiro atoms. The van der Waals surface area contributed by atoms with Gasteiger partial charge in [-0.25, -0.2) is 4.98 Å². The number of hydrogen-bond donors (Lipinski definition) is 0. The van der Waals surface area contributed by atoms with Crippen molar-refractivity contribution >= 4 is 52.4 Å². The number of thiazole rings is 1. The van der Waals surface area contributed by atoms with Gasteiger partial charge in [0, 0.05) is 24.9 Å². The zero-order valence-electron chi connectivity index (χ0n) is 17.8. The molecule has 1 aliphatic carbocycles. The van der Waals surface area contributed by atoms with Crippen LogP contribution in [-0.2, 0) is 5.41 Å². The van der Waals surface area contributed by atoms with E-state index in [1.54, 1.807) is 0 Å². The molecule has 0 atom stereocenters. The molecular weight excluding hydrogens is 447 g/mol. The highest BCUT2D eigenvalue weighted by atomic mass is 32.2. The van der Waals surface area contributed by atoms with Crippen molar-refractivity contribution in [3.63, 3.8) is 0 Å². The first-order chi connectivity index (χ1) is 14.6. The van der Waals surface area contributed by atoms with Gasteiger partial charge in [-0.05, 0) is 63.4 Å². The van der Waals surface area contributed by atoms with Gasteiger partial charge in [0.25, 0.3) is 0 Å². The first-order valence-electron chi connectivity index (χ1n) is 10.9. The van der Waals surface area contributed by atoms with Crippen LogP contribution in [0.3, 0.4) is 0 Å². The Morgan fingerprint density at radius 3 is 2.26 bits per heavy atom. The Balaban J connectivity index is 0.000000418. The molecule has 170 valence electrons. The third-order valence-electron chi connectivity index (χ3n) is 5.98. The van der Waals surface area contributed by atoms with Crippen molar-refractivity contribution in [2.45, 2.75) is 57.8 Å². The topological polar surface area (TPSA) is 31.5 Å². The van der Waals surface area contributed by atoms with Crippen molar-refractivity contribution in [3.05, 3.63) is 15.5 Å². The van der Waals surface area contributed by atoms with Crippen LogP contribution in [0.2, 0.25) is 0 Å². The zero-order chi connectivity index (χ0) is 22.2. The molecular formula is C20H27BF4N4S2. The lowest BCUT2D eigenvalue weighted by atomic mass is 9.80. The third-order valence-corrected chi connectivity index (χ3v) is 8.11. The highest BCUT2D eigenvalue weighted by Crippen LogP contribution is 2.47. The molecule has 0 bridgehead atoms. The molecule has 2 saturated heterocycles. The lowest BCUT2D eigenvalue weighted by Crippen LogP contribution is -2.33. The Labute approximate surface area is 188 Å². The number of hydrogen-bond acceptors (Lipinski definition) is 4. The van der Waals surface area contributed by atoms with E-state index in [0.29, 0.717) is 0 Å². The molecule has 0 radical (unpaired) electrons. The monoisotopic (exact) mass is 474 g/mol. The van der Waals surface area contributed by atoms with Gasteiger partial charge in [-0.1, -0.05) is 11.3 Å². The van der Waals surface area contributed by atoms with Gasteiger partial charge in [0.2, 0.25) is 0 Å². The summed E-state index contributed by atoms with van der Waals surface area (Å²) in [5, 5.41) is 2.43. The largest absolute Gasteiger partial charge is 0.673 e. The SMILES string of the molecule is CC1(C)C2=NC(=[N+]3CCCCC3)SC2=Cc2sc(N3CCCCC3)nc21.F[B-](F)(F)F. The summed E-state index contributed by atoms with van der Waals surface area (Å²) in [6, 6.07) is 0. The second kappa shape index (κ2) is 8.88. The molecule has 5 rings (SSSR count). The van der Waals surface area contributed by atoms with Gasteiger partial charge in [-0.2, -0.15) is 0 Å². The molecule has 0 N–H and O–H groups in total. The van der Waals surface area contributed by atoms with Crippen molar-refractivity contribution in [2.24, 2.45) is 4.99 Å². The average Bonchev–Trinajstić information content (AvgIpc) is 3.34. The Hall–Kier alpha value is -1.36. The van der Waals surface area contributed by atoms with Crippen LogP contribution in [0.25, 0.3) is 6.08 Å². The maximum Gasteiger partial charge on any atom is 0.673 e. The van der Waals surface area contributed by atoms with Gasteiger partial charge >= 0.3 is 12.4 Å². The maximum atomic E-state index is 9.75. The number of allylic oxidation sites excluding steroid dienone is 1. The molecule has 4 heterocycles. The van der Waals surface area contributed by atoms with E-state index in [1.165, 1.54) is 70.0 Å². The smallest absolute Gasteiger partial charge is 0.418 e. The molecule has 1 aromatic heterocycles. The molecule has 4 aliphatic rings. The number of thioether (sulfide) groups is 1. The minimum absolute atomic E-state index is 0.103. The van der Waals surface area contributed by atoms with Crippen LogP contribution in [0.4, 0.5) is 22.4 Å². The molecule has 0 aromatic carbocycles. The first kappa shape index (κ1) is 22.8. The third kappa shape index (κ3) is 5.18. The number of fused-ring (bicyclic) bond motifs is 2. The Kier molecular flexibility index (Phi) is 6.54. The predicted octanol–water partition coefficient (Wildman–Crippen LogP) is 5.81. The number of rotatable bonds is 1. The van der Waals surface area contributed by atoms with Crippen molar-refractivity contribution in [3.8, 4) is 0 Å². The van der Waals surface area contributed by atoms with E-state index >= 15 is 0 Å².